The van der Waals surface area contributed by atoms with Gasteiger partial charge in [-0.1, -0.05) is 39.0 Å². The van der Waals surface area contributed by atoms with Gasteiger partial charge in [-0.25, -0.2) is 0 Å². The minimum atomic E-state index is -0.223. The lowest BCUT2D eigenvalue weighted by Gasteiger charge is -2.23. The zero-order chi connectivity index (χ0) is 14.6. The molecule has 0 aromatic heterocycles. The molecule has 0 heterocycles. The summed E-state index contributed by atoms with van der Waals surface area (Å²) in [6, 6.07) is 6.51. The number of aryl methyl sites for hydroxylation is 2. The van der Waals surface area contributed by atoms with E-state index in [1.807, 2.05) is 0 Å². The molecule has 0 aliphatic heterocycles. The first-order chi connectivity index (χ1) is 8.75. The molecule has 0 aliphatic carbocycles. The van der Waals surface area contributed by atoms with Crippen molar-refractivity contribution < 1.29 is 9.90 Å². The Morgan fingerprint density at radius 1 is 1.32 bits per heavy atom. The molecule has 1 rings (SSSR count). The first-order valence-electron chi connectivity index (χ1n) is 6.97. The van der Waals surface area contributed by atoms with Gasteiger partial charge in [-0.05, 0) is 48.8 Å². The van der Waals surface area contributed by atoms with E-state index in [9.17, 15) is 9.90 Å². The summed E-state index contributed by atoms with van der Waals surface area (Å²) in [6.07, 6.45) is 1.56. The predicted octanol–water partition coefficient (Wildman–Crippen LogP) is 3.42. The van der Waals surface area contributed by atoms with Crippen molar-refractivity contribution in [3.8, 4) is 0 Å². The van der Waals surface area contributed by atoms with Crippen molar-refractivity contribution in [2.24, 2.45) is 5.92 Å². The monoisotopic (exact) mass is 262 g/mol. The maximum atomic E-state index is 11.3. The highest BCUT2D eigenvalue weighted by atomic mass is 16.3. The predicted molar refractivity (Wildman–Crippen MR) is 79.5 cm³/mol. The third-order valence-corrected chi connectivity index (χ3v) is 3.69. The standard InChI is InChI=1S/C17H26O2/c1-12-6-7-14(10-16(12)17(3,4)5)8-9-15(11-18)13(2)19/h6-7,10,15,18H,8-9,11H2,1-5H3/t15-/m1/s1. The van der Waals surface area contributed by atoms with E-state index in [4.69, 9.17) is 0 Å². The van der Waals surface area contributed by atoms with Crippen LogP contribution in [0.3, 0.4) is 0 Å². The second kappa shape index (κ2) is 6.33. The van der Waals surface area contributed by atoms with Crippen LogP contribution in [0.25, 0.3) is 0 Å². The van der Waals surface area contributed by atoms with Gasteiger partial charge >= 0.3 is 0 Å². The molecular weight excluding hydrogens is 236 g/mol. The highest BCUT2D eigenvalue weighted by Crippen LogP contribution is 2.27. The number of ketones is 1. The van der Waals surface area contributed by atoms with E-state index in [1.54, 1.807) is 6.92 Å². The molecule has 1 atom stereocenters. The summed E-state index contributed by atoms with van der Waals surface area (Å²) >= 11 is 0. The number of aliphatic hydroxyl groups excluding tert-OH is 1. The van der Waals surface area contributed by atoms with Crippen LogP contribution in [0.2, 0.25) is 0 Å². The molecule has 0 saturated heterocycles. The van der Waals surface area contributed by atoms with E-state index in [1.165, 1.54) is 16.7 Å². The highest BCUT2D eigenvalue weighted by molar-refractivity contribution is 5.78. The molecule has 0 spiro atoms. The maximum absolute atomic E-state index is 11.3. The summed E-state index contributed by atoms with van der Waals surface area (Å²) in [7, 11) is 0. The number of hydrogen-bond donors (Lipinski definition) is 1. The molecule has 0 fully saturated rings. The van der Waals surface area contributed by atoms with Crippen molar-refractivity contribution >= 4 is 5.78 Å². The van der Waals surface area contributed by atoms with Gasteiger partial charge in [0.05, 0.1) is 6.61 Å². The number of rotatable bonds is 5. The molecule has 1 aromatic rings. The van der Waals surface area contributed by atoms with Crippen molar-refractivity contribution in [3.05, 3.63) is 34.9 Å². The molecule has 0 bridgehead atoms. The van der Waals surface area contributed by atoms with Crippen LogP contribution in [0.15, 0.2) is 18.2 Å². The zero-order valence-corrected chi connectivity index (χ0v) is 12.8. The Labute approximate surface area is 116 Å². The largest absolute Gasteiger partial charge is 0.396 e. The lowest BCUT2D eigenvalue weighted by atomic mass is 9.82. The fraction of sp³-hybridized carbons (Fsp3) is 0.588. The van der Waals surface area contributed by atoms with Crippen LogP contribution >= 0.6 is 0 Å². The van der Waals surface area contributed by atoms with Gasteiger partial charge in [0, 0.05) is 5.92 Å². The van der Waals surface area contributed by atoms with Crippen molar-refractivity contribution in [1.29, 1.82) is 0 Å². The van der Waals surface area contributed by atoms with Crippen LogP contribution in [-0.4, -0.2) is 17.5 Å². The fourth-order valence-electron chi connectivity index (χ4n) is 2.40. The van der Waals surface area contributed by atoms with Gasteiger partial charge < -0.3 is 5.11 Å². The van der Waals surface area contributed by atoms with Crippen molar-refractivity contribution in [1.82, 2.24) is 0 Å². The van der Waals surface area contributed by atoms with Crippen molar-refractivity contribution in [2.75, 3.05) is 6.61 Å². The fourth-order valence-corrected chi connectivity index (χ4v) is 2.40. The minimum Gasteiger partial charge on any atom is -0.396 e. The normalized spacial score (nSPS) is 13.4. The summed E-state index contributed by atoms with van der Waals surface area (Å²) in [5.41, 5.74) is 4.04. The summed E-state index contributed by atoms with van der Waals surface area (Å²) in [6.45, 7) is 10.3. The van der Waals surface area contributed by atoms with E-state index in [0.29, 0.717) is 0 Å². The van der Waals surface area contributed by atoms with Gasteiger partial charge in [-0.2, -0.15) is 0 Å². The molecule has 0 aliphatic rings. The van der Waals surface area contributed by atoms with Gasteiger partial charge in [-0.15, -0.1) is 0 Å². The molecule has 2 heteroatoms. The van der Waals surface area contributed by atoms with E-state index < -0.39 is 0 Å². The number of benzene rings is 1. The van der Waals surface area contributed by atoms with Gasteiger partial charge in [0.15, 0.2) is 0 Å². The Bertz CT molecular complexity index is 441. The third kappa shape index (κ3) is 4.46. The van der Waals surface area contributed by atoms with E-state index in [-0.39, 0.29) is 23.7 Å². The van der Waals surface area contributed by atoms with Crippen LogP contribution < -0.4 is 0 Å². The van der Waals surface area contributed by atoms with E-state index in [0.717, 1.165) is 12.8 Å². The Balaban J connectivity index is 2.83. The maximum Gasteiger partial charge on any atom is 0.135 e. The number of carbonyl (C=O) groups is 1. The molecule has 1 aromatic carbocycles. The SMILES string of the molecule is CC(=O)[C@@H](CO)CCc1ccc(C)c(C(C)(C)C)c1. The lowest BCUT2D eigenvalue weighted by Crippen LogP contribution is -2.17. The molecular formula is C17H26O2. The molecule has 0 saturated carbocycles. The molecule has 1 N–H and O–H groups in total. The Morgan fingerprint density at radius 3 is 2.42 bits per heavy atom. The van der Waals surface area contributed by atoms with E-state index >= 15 is 0 Å². The molecule has 106 valence electrons. The molecule has 0 unspecified atom stereocenters. The first kappa shape index (κ1) is 15.9. The van der Waals surface area contributed by atoms with Crippen LogP contribution in [0, 0.1) is 12.8 Å². The lowest BCUT2D eigenvalue weighted by molar-refractivity contribution is -0.122. The summed E-state index contributed by atoms with van der Waals surface area (Å²) in [4.78, 5) is 11.3. The topological polar surface area (TPSA) is 37.3 Å². The first-order valence-corrected chi connectivity index (χ1v) is 6.97. The van der Waals surface area contributed by atoms with Gasteiger partial charge in [-0.3, -0.25) is 4.79 Å². The second-order valence-electron chi connectivity index (χ2n) is 6.43. The second-order valence-corrected chi connectivity index (χ2v) is 6.43. The molecule has 0 amide bonds. The van der Waals surface area contributed by atoms with E-state index in [2.05, 4.69) is 45.9 Å². The summed E-state index contributed by atoms with van der Waals surface area (Å²) < 4.78 is 0. The Hall–Kier alpha value is -1.15. The van der Waals surface area contributed by atoms with Crippen LogP contribution in [0.5, 0.6) is 0 Å². The minimum absolute atomic E-state index is 0.0483. The number of hydrogen-bond acceptors (Lipinski definition) is 2. The van der Waals surface area contributed by atoms with Crippen LogP contribution in [-0.2, 0) is 16.6 Å². The number of Topliss-reactive ketones (excluding diaryl/α,β-unsaturated/α-hetero) is 1. The molecule has 19 heavy (non-hydrogen) atoms. The van der Waals surface area contributed by atoms with Crippen LogP contribution in [0.1, 0.15) is 50.8 Å². The molecule has 2 nitrogen and oxygen atoms in total. The third-order valence-electron chi connectivity index (χ3n) is 3.69. The zero-order valence-electron chi connectivity index (χ0n) is 12.8. The summed E-state index contributed by atoms with van der Waals surface area (Å²) in [5.74, 6) is -0.148. The van der Waals surface area contributed by atoms with Crippen LogP contribution in [0.4, 0.5) is 0 Å². The number of carbonyl (C=O) groups excluding carboxylic acids is 1. The average molecular weight is 262 g/mol. The Kier molecular flexibility index (Phi) is 5.30. The van der Waals surface area contributed by atoms with Gasteiger partial charge in [0.25, 0.3) is 0 Å². The Morgan fingerprint density at radius 2 is 1.95 bits per heavy atom. The smallest absolute Gasteiger partial charge is 0.135 e. The average Bonchev–Trinajstić information content (AvgIpc) is 2.30. The number of aliphatic hydroxyl groups is 1. The van der Waals surface area contributed by atoms with Crippen molar-refractivity contribution in [3.63, 3.8) is 0 Å². The highest BCUT2D eigenvalue weighted by Gasteiger charge is 2.17. The summed E-state index contributed by atoms with van der Waals surface area (Å²) in [5, 5.41) is 9.18. The molecule has 0 radical (unpaired) electrons. The van der Waals surface area contributed by atoms with Gasteiger partial charge in [0.1, 0.15) is 5.78 Å². The van der Waals surface area contributed by atoms with Crippen molar-refractivity contribution in [2.45, 2.75) is 52.9 Å². The van der Waals surface area contributed by atoms with Gasteiger partial charge in [0.2, 0.25) is 0 Å². The quantitative estimate of drug-likeness (QED) is 0.882.